The van der Waals surface area contributed by atoms with Gasteiger partial charge in [-0.25, -0.2) is 9.59 Å². The largest absolute Gasteiger partial charge is 0.364 e. The number of thioether (sulfide) groups is 2. The van der Waals surface area contributed by atoms with Crippen molar-refractivity contribution in [2.45, 2.75) is 46.0 Å². The van der Waals surface area contributed by atoms with Gasteiger partial charge >= 0.3 is 11.9 Å². The molecule has 0 aromatic heterocycles. The van der Waals surface area contributed by atoms with Crippen molar-refractivity contribution >= 4 is 58.7 Å². The Bertz CT molecular complexity index is 988. The molecule has 2 saturated heterocycles. The Morgan fingerprint density at radius 2 is 1.11 bits per heavy atom. The molecular formula is C26H28Cl2N2O4S2. The van der Waals surface area contributed by atoms with Crippen LogP contribution in [0.25, 0.3) is 0 Å². The molecule has 0 bridgehead atoms. The van der Waals surface area contributed by atoms with Crippen LogP contribution >= 0.6 is 46.7 Å². The lowest BCUT2D eigenvalue weighted by atomic mass is 10.1. The zero-order chi connectivity index (χ0) is 25.3. The Morgan fingerprint density at radius 3 is 1.47 bits per heavy atom. The standard InChI is InChI=1S/C26H28Cl2N2O4S2/c27-19-3-1-5-23(17-19)35-21-9-13-29(14-10-21)33-25(31)7-8-26(32)34-30-15-11-22(12-16-30)36-24-6-2-4-20(28)18-24/h1-8,17-18,21-22H,9-16H2/b8-7-. The van der Waals surface area contributed by atoms with Crippen LogP contribution in [0.4, 0.5) is 0 Å². The number of rotatable bonds is 8. The summed E-state index contributed by atoms with van der Waals surface area (Å²) in [6.45, 7) is 2.57. The highest BCUT2D eigenvalue weighted by atomic mass is 35.5. The average Bonchev–Trinajstić information content (AvgIpc) is 2.85. The smallest absolute Gasteiger partial charge is 0.349 e. The van der Waals surface area contributed by atoms with E-state index >= 15 is 0 Å². The lowest BCUT2D eigenvalue weighted by Gasteiger charge is -2.30. The molecule has 2 aliphatic heterocycles. The van der Waals surface area contributed by atoms with E-state index in [4.69, 9.17) is 32.9 Å². The Morgan fingerprint density at radius 1 is 0.722 bits per heavy atom. The summed E-state index contributed by atoms with van der Waals surface area (Å²) in [5.74, 6) is -1.16. The zero-order valence-electron chi connectivity index (χ0n) is 19.7. The van der Waals surface area contributed by atoms with Gasteiger partial charge in [0.2, 0.25) is 0 Å². The van der Waals surface area contributed by atoms with Crippen LogP contribution in [0.1, 0.15) is 25.7 Å². The number of hydrogen-bond acceptors (Lipinski definition) is 8. The summed E-state index contributed by atoms with van der Waals surface area (Å²) in [7, 11) is 0. The number of piperidine rings is 2. The van der Waals surface area contributed by atoms with E-state index in [9.17, 15) is 9.59 Å². The predicted molar refractivity (Wildman–Crippen MR) is 145 cm³/mol. The molecule has 0 amide bonds. The first-order valence-corrected chi connectivity index (χ1v) is 14.4. The van der Waals surface area contributed by atoms with Crippen LogP contribution in [0.5, 0.6) is 0 Å². The van der Waals surface area contributed by atoms with Gasteiger partial charge in [0.05, 0.1) is 0 Å². The fraction of sp³-hybridized carbons (Fsp3) is 0.385. The lowest BCUT2D eigenvalue weighted by molar-refractivity contribution is -0.190. The van der Waals surface area contributed by atoms with Crippen molar-refractivity contribution in [2.75, 3.05) is 26.2 Å². The van der Waals surface area contributed by atoms with Gasteiger partial charge in [-0.15, -0.1) is 33.7 Å². The van der Waals surface area contributed by atoms with Crippen LogP contribution in [0.2, 0.25) is 10.0 Å². The molecule has 0 radical (unpaired) electrons. The van der Waals surface area contributed by atoms with Gasteiger partial charge in [0.25, 0.3) is 0 Å². The van der Waals surface area contributed by atoms with Gasteiger partial charge < -0.3 is 9.68 Å². The third-order valence-electron chi connectivity index (χ3n) is 5.79. The number of carbonyl (C=O) groups is 2. The third-order valence-corrected chi connectivity index (χ3v) is 8.93. The molecule has 6 nitrogen and oxygen atoms in total. The maximum absolute atomic E-state index is 12.2. The summed E-state index contributed by atoms with van der Waals surface area (Å²) in [5.41, 5.74) is 0. The molecule has 0 aliphatic carbocycles. The normalized spacial score (nSPS) is 18.4. The SMILES string of the molecule is O=C(/C=C\C(=O)ON1CCC(Sc2cccc(Cl)c2)CC1)ON1CCC(Sc2cccc(Cl)c2)CC1. The first-order valence-electron chi connectivity index (χ1n) is 11.9. The predicted octanol–water partition coefficient (Wildman–Crippen LogP) is 6.28. The number of carbonyl (C=O) groups excluding carboxylic acids is 2. The van der Waals surface area contributed by atoms with Crippen LogP contribution in [0.3, 0.4) is 0 Å². The number of benzene rings is 2. The first kappa shape index (κ1) is 27.4. The molecule has 2 aliphatic rings. The summed E-state index contributed by atoms with van der Waals surface area (Å²) in [6.07, 6.45) is 5.81. The van der Waals surface area contributed by atoms with Gasteiger partial charge in [-0.1, -0.05) is 35.3 Å². The monoisotopic (exact) mass is 566 g/mol. The van der Waals surface area contributed by atoms with E-state index in [1.165, 1.54) is 0 Å². The number of nitrogens with zero attached hydrogens (tertiary/aromatic N) is 2. The van der Waals surface area contributed by atoms with Crippen molar-refractivity contribution in [3.63, 3.8) is 0 Å². The maximum atomic E-state index is 12.2. The van der Waals surface area contributed by atoms with Crippen molar-refractivity contribution < 1.29 is 19.3 Å². The lowest BCUT2D eigenvalue weighted by Crippen LogP contribution is -2.36. The third kappa shape index (κ3) is 9.01. The molecule has 2 heterocycles. The van der Waals surface area contributed by atoms with E-state index in [1.54, 1.807) is 33.7 Å². The van der Waals surface area contributed by atoms with Gasteiger partial charge in [-0.05, 0) is 62.1 Å². The molecule has 10 heteroatoms. The molecule has 2 aromatic carbocycles. The molecule has 2 fully saturated rings. The summed E-state index contributed by atoms with van der Waals surface area (Å²) in [5, 5.41) is 5.64. The topological polar surface area (TPSA) is 59.1 Å². The quantitative estimate of drug-likeness (QED) is 0.346. The first-order chi connectivity index (χ1) is 17.4. The second kappa shape index (κ2) is 13.7. The summed E-state index contributed by atoms with van der Waals surface area (Å²) in [6, 6.07) is 15.6. The van der Waals surface area contributed by atoms with E-state index in [1.807, 2.05) is 36.4 Å². The van der Waals surface area contributed by atoms with Crippen molar-refractivity contribution in [1.82, 2.24) is 10.1 Å². The fourth-order valence-corrected chi connectivity index (χ4v) is 6.88. The van der Waals surface area contributed by atoms with Gasteiger partial charge in [0.1, 0.15) is 0 Å². The Balaban J connectivity index is 1.11. The van der Waals surface area contributed by atoms with Gasteiger partial charge in [-0.3, -0.25) is 0 Å². The minimum absolute atomic E-state index is 0.442. The Labute approximate surface area is 230 Å². The molecule has 0 N–H and O–H groups in total. The molecule has 2 aromatic rings. The number of hydroxylamine groups is 4. The van der Waals surface area contributed by atoms with Crippen LogP contribution < -0.4 is 0 Å². The van der Waals surface area contributed by atoms with Gasteiger partial charge in [-0.2, -0.15) is 0 Å². The average molecular weight is 568 g/mol. The van der Waals surface area contributed by atoms with Gasteiger partial charge in [0, 0.05) is 68.7 Å². The molecular weight excluding hydrogens is 539 g/mol. The van der Waals surface area contributed by atoms with E-state index < -0.39 is 11.9 Å². The Hall–Kier alpha value is -1.68. The molecule has 0 unspecified atom stereocenters. The molecule has 0 spiro atoms. The summed E-state index contributed by atoms with van der Waals surface area (Å²) >= 11 is 15.7. The molecule has 0 atom stereocenters. The van der Waals surface area contributed by atoms with Crippen molar-refractivity contribution in [3.05, 3.63) is 70.7 Å². The van der Waals surface area contributed by atoms with Crippen LogP contribution in [0.15, 0.2) is 70.5 Å². The highest BCUT2D eigenvalue weighted by Crippen LogP contribution is 2.32. The summed E-state index contributed by atoms with van der Waals surface area (Å²) in [4.78, 5) is 37.3. The second-order valence-corrected chi connectivity index (χ2v) is 12.2. The minimum Gasteiger partial charge on any atom is -0.364 e. The summed E-state index contributed by atoms with van der Waals surface area (Å²) < 4.78 is 0. The van der Waals surface area contributed by atoms with E-state index in [2.05, 4.69) is 12.1 Å². The van der Waals surface area contributed by atoms with Crippen molar-refractivity contribution in [3.8, 4) is 0 Å². The minimum atomic E-state index is -0.579. The molecule has 0 saturated carbocycles. The van der Waals surface area contributed by atoms with Crippen LogP contribution in [0, 0.1) is 0 Å². The Kier molecular flexibility index (Phi) is 10.4. The number of hydrogen-bond donors (Lipinski definition) is 0. The zero-order valence-corrected chi connectivity index (χ0v) is 22.8. The van der Waals surface area contributed by atoms with Crippen LogP contribution in [-0.2, 0) is 19.3 Å². The van der Waals surface area contributed by atoms with Crippen molar-refractivity contribution in [1.29, 1.82) is 0 Å². The van der Waals surface area contributed by atoms with E-state index in [-0.39, 0.29) is 0 Å². The van der Waals surface area contributed by atoms with Crippen LogP contribution in [-0.4, -0.2) is 58.7 Å². The molecule has 4 rings (SSSR count). The highest BCUT2D eigenvalue weighted by Gasteiger charge is 2.24. The van der Waals surface area contributed by atoms with E-state index in [0.29, 0.717) is 36.7 Å². The number of halogens is 2. The second-order valence-electron chi connectivity index (χ2n) is 8.56. The fourth-order valence-electron chi connectivity index (χ4n) is 4.00. The maximum Gasteiger partial charge on any atom is 0.349 e. The molecule has 192 valence electrons. The highest BCUT2D eigenvalue weighted by molar-refractivity contribution is 8.00. The van der Waals surface area contributed by atoms with Gasteiger partial charge in [0.15, 0.2) is 0 Å². The van der Waals surface area contributed by atoms with Crippen molar-refractivity contribution in [2.24, 2.45) is 0 Å². The molecule has 36 heavy (non-hydrogen) atoms. The van der Waals surface area contributed by atoms with E-state index in [0.717, 1.165) is 57.7 Å².